The topological polar surface area (TPSA) is 60.7 Å². The summed E-state index contributed by atoms with van der Waals surface area (Å²) in [5.41, 5.74) is 0. The summed E-state index contributed by atoms with van der Waals surface area (Å²) in [6.07, 6.45) is 0. The van der Waals surface area contributed by atoms with Gasteiger partial charge in [-0.05, 0) is 0 Å². The fraction of sp³-hybridized carbons (Fsp3) is 0. The van der Waals surface area contributed by atoms with Crippen molar-refractivity contribution < 1.29 is 90.6 Å². The fourth-order valence-electron chi connectivity index (χ4n) is 0. The summed E-state index contributed by atoms with van der Waals surface area (Å²) in [5, 5.41) is 21.5. The van der Waals surface area contributed by atoms with Crippen LogP contribution in [-0.4, -0.2) is 22.4 Å². The van der Waals surface area contributed by atoms with Crippen molar-refractivity contribution in [2.24, 2.45) is 0 Å². The Hall–Kier alpha value is 2.46. The average Bonchev–Trinajstić information content (AvgIpc) is 0.811. The molecule has 0 aromatic heterocycles. The van der Waals surface area contributed by atoms with Gasteiger partial charge in [0, 0.05) is 75.5 Å². The molecule has 0 unspecified atom stereocenters. The van der Waals surface area contributed by atoms with Crippen LogP contribution in [0.4, 0.5) is 0 Å². The Morgan fingerprint density at radius 3 is 1.00 bits per heavy atom. The molecule has 3 N–H and O–H groups in total. The zero-order valence-electron chi connectivity index (χ0n) is 2.85. The molecule has 0 spiro atoms. The van der Waals surface area contributed by atoms with Crippen molar-refractivity contribution in [2.45, 2.75) is 0 Å². The molecule has 1 radical (unpaired) electrons. The second-order valence-electron chi connectivity index (χ2n) is 0.346. The molecule has 0 bridgehead atoms. The monoisotopic (exact) mass is 359 g/mol. The summed E-state index contributed by atoms with van der Waals surface area (Å²) in [7, 11) is -2.17. The molecule has 0 aliphatic carbocycles. The van der Waals surface area contributed by atoms with Gasteiger partial charge in [-0.3, -0.25) is 0 Å². The van der Waals surface area contributed by atoms with E-state index < -0.39 is 7.32 Å². The summed E-state index contributed by atoms with van der Waals surface area (Å²) >= 11 is 0. The molecule has 3 nitrogen and oxygen atoms in total. The number of hydrogen-bond donors (Lipinski definition) is 3. The average molecular weight is 358 g/mol. The molecule has 0 fully saturated rings. The predicted octanol–water partition coefficient (Wildman–Crippen LogP) is -2.05. The van der Waals surface area contributed by atoms with Crippen molar-refractivity contribution in [3.8, 4) is 0 Å². The van der Waals surface area contributed by atoms with Gasteiger partial charge in [0.05, 0.1) is 0 Å². The standard InChI is InChI=1S/BH3O3.Gd.La/c2-1(3)4;;/h2-4H;;. The first-order chi connectivity index (χ1) is 1.73. The van der Waals surface area contributed by atoms with E-state index in [1.807, 2.05) is 0 Å². The molecule has 0 aromatic carbocycles. The van der Waals surface area contributed by atoms with Crippen LogP contribution in [0.2, 0.25) is 0 Å². The second-order valence-corrected chi connectivity index (χ2v) is 0.346. The Morgan fingerprint density at radius 1 is 1.00 bits per heavy atom. The molecular weight excluding hydrogens is 355 g/mol. The van der Waals surface area contributed by atoms with E-state index in [2.05, 4.69) is 0 Å². The maximum absolute atomic E-state index is 7.17. The van der Waals surface area contributed by atoms with Crippen molar-refractivity contribution in [1.82, 2.24) is 0 Å². The summed E-state index contributed by atoms with van der Waals surface area (Å²) in [4.78, 5) is 0. The number of hydrogen-bond acceptors (Lipinski definition) is 3. The molecule has 0 aromatic rings. The van der Waals surface area contributed by atoms with Crippen molar-refractivity contribution in [3.63, 3.8) is 0 Å². The van der Waals surface area contributed by atoms with Crippen LogP contribution >= 0.6 is 0 Å². The van der Waals surface area contributed by atoms with Crippen LogP contribution in [0.25, 0.3) is 0 Å². The van der Waals surface area contributed by atoms with Gasteiger partial charge >= 0.3 is 7.32 Å². The van der Waals surface area contributed by atoms with E-state index in [1.165, 1.54) is 0 Å². The molecule has 0 rings (SSSR count). The van der Waals surface area contributed by atoms with Gasteiger partial charge in [0.1, 0.15) is 0 Å². The van der Waals surface area contributed by atoms with Crippen LogP contribution in [0.5, 0.6) is 0 Å². The Bertz CT molecular complexity index is 15.5. The van der Waals surface area contributed by atoms with E-state index in [-0.39, 0.29) is 75.5 Å². The molecule has 35 valence electrons. The molecule has 0 atom stereocenters. The SMILES string of the molecule is OB(O)O.[Gd].[La]. The predicted molar refractivity (Wildman–Crippen MR) is 12.4 cm³/mol. The zero-order valence-corrected chi connectivity index (χ0v) is 8.74. The van der Waals surface area contributed by atoms with Gasteiger partial charge in [-0.15, -0.1) is 0 Å². The molecule has 0 aliphatic rings. The summed E-state index contributed by atoms with van der Waals surface area (Å²) in [5.74, 6) is 0. The minimum atomic E-state index is -2.17. The van der Waals surface area contributed by atoms with Gasteiger partial charge in [-0.25, -0.2) is 0 Å². The van der Waals surface area contributed by atoms with E-state index in [1.54, 1.807) is 0 Å². The third kappa shape index (κ3) is 31.8. The molecule has 0 heterocycles. The third-order valence-electron chi connectivity index (χ3n) is 0. The first kappa shape index (κ1) is 15.8. The fourth-order valence-corrected chi connectivity index (χ4v) is 0. The molecule has 0 aliphatic heterocycles. The largest absolute Gasteiger partial charge is 0.631 e. The van der Waals surface area contributed by atoms with Crippen molar-refractivity contribution in [2.75, 3.05) is 0 Å². The minimum absolute atomic E-state index is 0. The quantitative estimate of drug-likeness (QED) is 0.437. The molecule has 6 heteroatoms. The third-order valence-corrected chi connectivity index (χ3v) is 0. The second kappa shape index (κ2) is 10.4. The normalized spacial score (nSPS) is 4.50. The summed E-state index contributed by atoms with van der Waals surface area (Å²) < 4.78 is 0. The van der Waals surface area contributed by atoms with Crippen LogP contribution in [0.15, 0.2) is 0 Å². The number of rotatable bonds is 0. The van der Waals surface area contributed by atoms with E-state index in [0.29, 0.717) is 0 Å². The zero-order chi connectivity index (χ0) is 3.58. The van der Waals surface area contributed by atoms with Gasteiger partial charge in [0.25, 0.3) is 0 Å². The van der Waals surface area contributed by atoms with E-state index >= 15 is 0 Å². The Kier molecular flexibility index (Phi) is 27.5. The molecule has 0 saturated heterocycles. The molecule has 0 amide bonds. The first-order valence-electron chi connectivity index (χ1n) is 0.775. The summed E-state index contributed by atoms with van der Waals surface area (Å²) in [6, 6.07) is 0. The van der Waals surface area contributed by atoms with E-state index in [9.17, 15) is 0 Å². The van der Waals surface area contributed by atoms with Crippen LogP contribution in [-0.2, 0) is 0 Å². The van der Waals surface area contributed by atoms with Gasteiger partial charge in [-0.1, -0.05) is 0 Å². The van der Waals surface area contributed by atoms with Gasteiger partial charge in [0.2, 0.25) is 0 Å². The van der Waals surface area contributed by atoms with Crippen LogP contribution < -0.4 is 0 Å². The van der Waals surface area contributed by atoms with Crippen molar-refractivity contribution in [3.05, 3.63) is 0 Å². The van der Waals surface area contributed by atoms with Crippen LogP contribution in [0.1, 0.15) is 0 Å². The maximum atomic E-state index is 7.17. The van der Waals surface area contributed by atoms with Gasteiger partial charge in [0.15, 0.2) is 0 Å². The Labute approximate surface area is 96.0 Å². The summed E-state index contributed by atoms with van der Waals surface area (Å²) in [6.45, 7) is 0. The van der Waals surface area contributed by atoms with Crippen LogP contribution in [0.3, 0.4) is 0 Å². The van der Waals surface area contributed by atoms with E-state index in [0.717, 1.165) is 0 Å². The van der Waals surface area contributed by atoms with Gasteiger partial charge < -0.3 is 15.1 Å². The van der Waals surface area contributed by atoms with E-state index in [4.69, 9.17) is 15.1 Å². The molecular formula is H3BGdLaO3. The molecule has 6 heavy (non-hydrogen) atoms. The Morgan fingerprint density at radius 2 is 1.00 bits per heavy atom. The molecule has 0 saturated carbocycles. The van der Waals surface area contributed by atoms with Gasteiger partial charge in [-0.2, -0.15) is 0 Å². The Balaban J connectivity index is -0.0000000450. The van der Waals surface area contributed by atoms with Crippen LogP contribution in [0, 0.1) is 75.5 Å². The minimum Gasteiger partial charge on any atom is -0.402 e. The first-order valence-corrected chi connectivity index (χ1v) is 0.775. The van der Waals surface area contributed by atoms with Crippen molar-refractivity contribution >= 4 is 7.32 Å². The maximum Gasteiger partial charge on any atom is 0.631 e. The smallest absolute Gasteiger partial charge is 0.402 e. The van der Waals surface area contributed by atoms with Crippen molar-refractivity contribution in [1.29, 1.82) is 0 Å².